The van der Waals surface area contributed by atoms with Crippen LogP contribution in [0.15, 0.2) is 47.3 Å². The Balaban J connectivity index is 1.85. The largest absolute Gasteiger partial charge is 0.511 e. The molecular weight excluding hydrogens is 524 g/mol. The van der Waals surface area contributed by atoms with Crippen LogP contribution in [-0.4, -0.2) is 60.6 Å². The van der Waals surface area contributed by atoms with Crippen molar-refractivity contribution < 1.29 is 28.6 Å². The molecule has 1 amide bonds. The Labute approximate surface area is 231 Å². The molecule has 2 N–H and O–H groups in total. The van der Waals surface area contributed by atoms with Crippen molar-refractivity contribution in [1.82, 2.24) is 10.3 Å². The lowest BCUT2D eigenvalue weighted by molar-refractivity contribution is -0.116. The van der Waals surface area contributed by atoms with Crippen LogP contribution in [0.25, 0.3) is 5.57 Å². The first kappa shape index (κ1) is 29.5. The van der Waals surface area contributed by atoms with Crippen molar-refractivity contribution in [1.29, 1.82) is 5.41 Å². The number of Topliss-reactive ketones (excluding diaryl/α,β-unsaturated/α-hetero) is 1. The highest BCUT2D eigenvalue weighted by atomic mass is 35.5. The standard InChI is InChI=1S/C28H31ClN4O6/c1-16-11-21(33-15-20(29)14-30)12-17(2)24(16)25-23(38-18(3)39-28(36)37-4)13-19(26(25)34)8-10-32-27(35)22-7-5-6-9-31-22/h5-7,9,11-12,14-15,18-20,30H,8,10,13H2,1-4H3,(H,32,35). The minimum atomic E-state index is -0.996. The number of pyridine rings is 1. The van der Waals surface area contributed by atoms with Crippen molar-refractivity contribution in [2.24, 2.45) is 10.9 Å². The van der Waals surface area contributed by atoms with Gasteiger partial charge in [-0.05, 0) is 61.2 Å². The summed E-state index contributed by atoms with van der Waals surface area (Å²) in [5, 5.41) is 9.41. The Hall–Kier alpha value is -4.05. The molecule has 0 fully saturated rings. The highest BCUT2D eigenvalue weighted by Crippen LogP contribution is 2.41. The minimum absolute atomic E-state index is 0.130. The Morgan fingerprint density at radius 1 is 1.28 bits per heavy atom. The summed E-state index contributed by atoms with van der Waals surface area (Å²) in [6.07, 6.45) is 2.81. The van der Waals surface area contributed by atoms with Crippen molar-refractivity contribution in [2.75, 3.05) is 13.7 Å². The number of amides is 1. The number of allylic oxidation sites excluding steroid dienone is 2. The molecular formula is C28H31ClN4O6. The van der Waals surface area contributed by atoms with E-state index < -0.39 is 23.7 Å². The summed E-state index contributed by atoms with van der Waals surface area (Å²) in [5.74, 6) is -0.514. The van der Waals surface area contributed by atoms with Gasteiger partial charge in [0.25, 0.3) is 5.91 Å². The smallest absolute Gasteiger partial charge is 0.458 e. The Bertz CT molecular complexity index is 1270. The number of carbonyl (C=O) groups excluding carboxylic acids is 3. The monoisotopic (exact) mass is 554 g/mol. The first-order chi connectivity index (χ1) is 18.6. The van der Waals surface area contributed by atoms with E-state index in [-0.39, 0.29) is 24.7 Å². The predicted molar refractivity (Wildman–Crippen MR) is 148 cm³/mol. The molecule has 0 aliphatic heterocycles. The van der Waals surface area contributed by atoms with E-state index in [1.54, 1.807) is 18.2 Å². The molecule has 1 aliphatic rings. The second-order valence-electron chi connectivity index (χ2n) is 8.92. The van der Waals surface area contributed by atoms with Crippen LogP contribution in [-0.2, 0) is 19.0 Å². The van der Waals surface area contributed by atoms with Gasteiger partial charge in [-0.15, -0.1) is 11.6 Å². The molecule has 1 aromatic heterocycles. The number of ether oxygens (including phenoxy) is 3. The second kappa shape index (κ2) is 13.7. The summed E-state index contributed by atoms with van der Waals surface area (Å²) >= 11 is 5.94. The van der Waals surface area contributed by atoms with Crippen LogP contribution in [0, 0.1) is 25.2 Å². The number of ketones is 1. The van der Waals surface area contributed by atoms with E-state index in [0.29, 0.717) is 34.7 Å². The molecule has 0 bridgehead atoms. The number of benzene rings is 1. The van der Waals surface area contributed by atoms with Crippen molar-refractivity contribution in [3.8, 4) is 0 Å². The van der Waals surface area contributed by atoms with Crippen LogP contribution in [0.2, 0.25) is 0 Å². The van der Waals surface area contributed by atoms with Crippen LogP contribution in [0.4, 0.5) is 10.5 Å². The predicted octanol–water partition coefficient (Wildman–Crippen LogP) is 4.92. The normalized spacial score (nSPS) is 16.6. The van der Waals surface area contributed by atoms with Gasteiger partial charge in [-0.25, -0.2) is 4.79 Å². The van der Waals surface area contributed by atoms with E-state index in [1.807, 2.05) is 26.0 Å². The average molecular weight is 555 g/mol. The molecule has 39 heavy (non-hydrogen) atoms. The number of alkyl halides is 1. The first-order valence-corrected chi connectivity index (χ1v) is 12.8. The summed E-state index contributed by atoms with van der Waals surface area (Å²) in [5.41, 5.74) is 3.61. The number of aliphatic imine (C=N–C) groups is 1. The third-order valence-corrected chi connectivity index (χ3v) is 6.27. The molecule has 2 aromatic rings. The molecule has 1 heterocycles. The number of halogens is 1. The van der Waals surface area contributed by atoms with Crippen LogP contribution < -0.4 is 5.32 Å². The second-order valence-corrected chi connectivity index (χ2v) is 9.43. The molecule has 206 valence electrons. The maximum atomic E-state index is 13.7. The number of hydrogen-bond acceptors (Lipinski definition) is 9. The molecule has 3 atom stereocenters. The SMILES string of the molecule is COC(=O)OC(C)OC1=C(c2c(C)cc(N=CC(Cl)C=N)cc2C)C(=O)C(CCNC(=O)c2ccccn2)C1. The molecule has 11 heteroatoms. The molecule has 3 unspecified atom stereocenters. The summed E-state index contributed by atoms with van der Waals surface area (Å²) in [7, 11) is 1.19. The Kier molecular flexibility index (Phi) is 10.3. The van der Waals surface area contributed by atoms with Gasteiger partial charge in [0.15, 0.2) is 5.78 Å². The lowest BCUT2D eigenvalue weighted by Crippen LogP contribution is -2.27. The molecule has 0 saturated heterocycles. The van der Waals surface area contributed by atoms with Gasteiger partial charge in [0, 0.05) is 44.4 Å². The summed E-state index contributed by atoms with van der Waals surface area (Å²) in [6.45, 7) is 5.53. The molecule has 1 aliphatic carbocycles. The van der Waals surface area contributed by atoms with Crippen molar-refractivity contribution in [3.63, 3.8) is 0 Å². The number of hydrogen-bond donors (Lipinski definition) is 2. The van der Waals surface area contributed by atoms with E-state index in [4.69, 9.17) is 26.5 Å². The van der Waals surface area contributed by atoms with Crippen LogP contribution >= 0.6 is 11.6 Å². The average Bonchev–Trinajstić information content (AvgIpc) is 3.21. The minimum Gasteiger partial charge on any atom is -0.458 e. The Morgan fingerprint density at radius 2 is 2.00 bits per heavy atom. The van der Waals surface area contributed by atoms with Gasteiger partial charge in [0.1, 0.15) is 16.8 Å². The number of rotatable bonds is 11. The third-order valence-electron chi connectivity index (χ3n) is 6.03. The zero-order chi connectivity index (χ0) is 28.5. The van der Waals surface area contributed by atoms with Gasteiger partial charge < -0.3 is 24.9 Å². The van der Waals surface area contributed by atoms with Crippen molar-refractivity contribution in [3.05, 3.63) is 64.7 Å². The molecule has 10 nitrogen and oxygen atoms in total. The Morgan fingerprint density at radius 3 is 2.62 bits per heavy atom. The highest BCUT2D eigenvalue weighted by molar-refractivity contribution is 6.36. The number of aromatic nitrogens is 1. The first-order valence-electron chi connectivity index (χ1n) is 12.3. The quantitative estimate of drug-likeness (QED) is 0.174. The lowest BCUT2D eigenvalue weighted by atomic mass is 9.91. The third kappa shape index (κ3) is 7.73. The van der Waals surface area contributed by atoms with Crippen LogP contribution in [0.1, 0.15) is 46.9 Å². The van der Waals surface area contributed by atoms with Crippen molar-refractivity contribution >= 4 is 53.1 Å². The van der Waals surface area contributed by atoms with E-state index in [9.17, 15) is 14.4 Å². The van der Waals surface area contributed by atoms with E-state index in [0.717, 1.165) is 17.3 Å². The molecule has 0 saturated carbocycles. The summed E-state index contributed by atoms with van der Waals surface area (Å²) in [6, 6.07) is 8.70. The zero-order valence-electron chi connectivity index (χ0n) is 22.2. The fourth-order valence-corrected chi connectivity index (χ4v) is 4.38. The van der Waals surface area contributed by atoms with Gasteiger partial charge >= 0.3 is 6.16 Å². The van der Waals surface area contributed by atoms with Gasteiger partial charge in [-0.1, -0.05) is 6.07 Å². The topological polar surface area (TPSA) is 140 Å². The zero-order valence-corrected chi connectivity index (χ0v) is 22.9. The van der Waals surface area contributed by atoms with E-state index >= 15 is 0 Å². The summed E-state index contributed by atoms with van der Waals surface area (Å²) < 4.78 is 15.6. The fourth-order valence-electron chi connectivity index (χ4n) is 4.33. The number of nitrogens with zero attached hydrogens (tertiary/aromatic N) is 2. The lowest BCUT2D eigenvalue weighted by Gasteiger charge is -2.18. The van der Waals surface area contributed by atoms with Crippen molar-refractivity contribution in [2.45, 2.75) is 45.3 Å². The molecule has 3 rings (SSSR count). The number of nitrogens with one attached hydrogen (secondary N) is 2. The number of carbonyl (C=O) groups is 3. The fraction of sp³-hybridized carbons (Fsp3) is 0.357. The van der Waals surface area contributed by atoms with Gasteiger partial charge in [0.2, 0.25) is 6.29 Å². The van der Waals surface area contributed by atoms with Crippen LogP contribution in [0.3, 0.4) is 0 Å². The molecule has 1 aromatic carbocycles. The number of methoxy groups -OCH3 is 1. The summed E-state index contributed by atoms with van der Waals surface area (Å²) in [4.78, 5) is 46.0. The van der Waals surface area contributed by atoms with Crippen LogP contribution in [0.5, 0.6) is 0 Å². The van der Waals surface area contributed by atoms with Gasteiger partial charge in [-0.2, -0.15) is 0 Å². The van der Waals surface area contributed by atoms with Gasteiger partial charge in [0.05, 0.1) is 18.4 Å². The number of aryl methyl sites for hydroxylation is 2. The van der Waals surface area contributed by atoms with E-state index in [1.165, 1.54) is 26.4 Å². The molecule has 0 radical (unpaired) electrons. The maximum Gasteiger partial charge on any atom is 0.511 e. The van der Waals surface area contributed by atoms with E-state index in [2.05, 4.69) is 20.0 Å². The maximum absolute atomic E-state index is 13.7. The highest BCUT2D eigenvalue weighted by Gasteiger charge is 2.37. The molecule has 0 spiro atoms. The van der Waals surface area contributed by atoms with Gasteiger partial charge in [-0.3, -0.25) is 19.6 Å².